The summed E-state index contributed by atoms with van der Waals surface area (Å²) < 4.78 is 0. The van der Waals surface area contributed by atoms with Crippen molar-refractivity contribution < 1.29 is 4.79 Å². The maximum absolute atomic E-state index is 11.9. The van der Waals surface area contributed by atoms with Crippen LogP contribution in [-0.2, 0) is 4.79 Å². The Morgan fingerprint density at radius 1 is 1.44 bits per heavy atom. The molecule has 0 aromatic heterocycles. The van der Waals surface area contributed by atoms with E-state index in [4.69, 9.17) is 6.42 Å². The third kappa shape index (κ3) is 3.43. The molecule has 2 heteroatoms. The fourth-order valence-corrected chi connectivity index (χ4v) is 1.64. The SMILES string of the molecule is C#CCCNC(=O)C(CC)c1ccccc1. The third-order valence-electron chi connectivity index (χ3n) is 2.50. The predicted octanol–water partition coefficient (Wildman–Crippen LogP) is 2.32. The Kier molecular flexibility index (Phi) is 5.15. The summed E-state index contributed by atoms with van der Waals surface area (Å²) in [5.74, 6) is 2.49. The second-order valence-electron chi connectivity index (χ2n) is 3.62. The molecule has 1 rings (SSSR count). The Hall–Kier alpha value is -1.75. The molecule has 0 fully saturated rings. The molecule has 1 amide bonds. The molecule has 0 saturated heterocycles. The Bertz CT molecular complexity index is 364. The van der Waals surface area contributed by atoms with Crippen LogP contribution in [0.5, 0.6) is 0 Å². The van der Waals surface area contributed by atoms with Crippen molar-refractivity contribution in [2.45, 2.75) is 25.7 Å². The largest absolute Gasteiger partial charge is 0.355 e. The van der Waals surface area contributed by atoms with Gasteiger partial charge in [-0.25, -0.2) is 0 Å². The second-order valence-corrected chi connectivity index (χ2v) is 3.62. The van der Waals surface area contributed by atoms with Gasteiger partial charge in [-0.05, 0) is 12.0 Å². The number of hydrogen-bond acceptors (Lipinski definition) is 1. The molecule has 16 heavy (non-hydrogen) atoms. The van der Waals surface area contributed by atoms with E-state index in [9.17, 15) is 4.79 Å². The maximum Gasteiger partial charge on any atom is 0.227 e. The Balaban J connectivity index is 2.61. The van der Waals surface area contributed by atoms with Crippen molar-refractivity contribution in [1.29, 1.82) is 0 Å². The van der Waals surface area contributed by atoms with Crippen LogP contribution in [0.15, 0.2) is 30.3 Å². The number of nitrogens with one attached hydrogen (secondary N) is 1. The lowest BCUT2D eigenvalue weighted by Gasteiger charge is -2.14. The smallest absolute Gasteiger partial charge is 0.227 e. The summed E-state index contributed by atoms with van der Waals surface area (Å²) in [5, 5.41) is 2.85. The molecule has 0 bridgehead atoms. The zero-order valence-electron chi connectivity index (χ0n) is 9.57. The number of carbonyl (C=O) groups excluding carboxylic acids is 1. The normalized spacial score (nSPS) is 11.5. The first-order chi connectivity index (χ1) is 7.79. The molecule has 1 aromatic carbocycles. The number of amides is 1. The minimum atomic E-state index is -0.0704. The number of terminal acetylenes is 1. The average Bonchev–Trinajstić information content (AvgIpc) is 2.32. The van der Waals surface area contributed by atoms with E-state index in [1.54, 1.807) is 0 Å². The van der Waals surface area contributed by atoms with E-state index in [-0.39, 0.29) is 11.8 Å². The Morgan fingerprint density at radius 3 is 2.69 bits per heavy atom. The first-order valence-electron chi connectivity index (χ1n) is 5.55. The van der Waals surface area contributed by atoms with Gasteiger partial charge in [-0.1, -0.05) is 37.3 Å². The van der Waals surface area contributed by atoms with Crippen LogP contribution in [0.1, 0.15) is 31.2 Å². The molecular weight excluding hydrogens is 198 g/mol. The van der Waals surface area contributed by atoms with Crippen molar-refractivity contribution in [2.75, 3.05) is 6.54 Å². The van der Waals surface area contributed by atoms with Crippen LogP contribution in [-0.4, -0.2) is 12.5 Å². The summed E-state index contributed by atoms with van der Waals surface area (Å²) in [5.41, 5.74) is 1.06. The molecule has 0 aliphatic rings. The topological polar surface area (TPSA) is 29.1 Å². The van der Waals surface area contributed by atoms with Gasteiger partial charge in [0, 0.05) is 13.0 Å². The molecule has 1 aromatic rings. The van der Waals surface area contributed by atoms with Gasteiger partial charge in [0.2, 0.25) is 5.91 Å². The zero-order valence-corrected chi connectivity index (χ0v) is 9.57. The van der Waals surface area contributed by atoms with Crippen LogP contribution >= 0.6 is 0 Å². The molecule has 0 radical (unpaired) electrons. The summed E-state index contributed by atoms with van der Waals surface area (Å²) >= 11 is 0. The molecule has 2 nitrogen and oxygen atoms in total. The first kappa shape index (κ1) is 12.3. The number of carbonyl (C=O) groups is 1. The molecule has 1 N–H and O–H groups in total. The van der Waals surface area contributed by atoms with E-state index in [2.05, 4.69) is 11.2 Å². The molecule has 0 heterocycles. The average molecular weight is 215 g/mol. The van der Waals surface area contributed by atoms with Crippen molar-refractivity contribution in [3.63, 3.8) is 0 Å². The fourth-order valence-electron chi connectivity index (χ4n) is 1.64. The highest BCUT2D eigenvalue weighted by atomic mass is 16.1. The van der Waals surface area contributed by atoms with Crippen LogP contribution in [0, 0.1) is 12.3 Å². The van der Waals surface area contributed by atoms with Crippen LogP contribution < -0.4 is 5.32 Å². The van der Waals surface area contributed by atoms with E-state index in [1.165, 1.54) is 0 Å². The molecular formula is C14H17NO. The van der Waals surface area contributed by atoms with Gasteiger partial charge in [0.05, 0.1) is 5.92 Å². The molecule has 84 valence electrons. The molecule has 0 spiro atoms. The highest BCUT2D eigenvalue weighted by Gasteiger charge is 2.17. The van der Waals surface area contributed by atoms with Gasteiger partial charge in [-0.15, -0.1) is 12.3 Å². The summed E-state index contributed by atoms with van der Waals surface area (Å²) in [6, 6.07) is 9.82. The van der Waals surface area contributed by atoms with Crippen molar-refractivity contribution in [1.82, 2.24) is 5.32 Å². The lowest BCUT2D eigenvalue weighted by Crippen LogP contribution is -2.29. The van der Waals surface area contributed by atoms with Gasteiger partial charge in [0.1, 0.15) is 0 Å². The van der Waals surface area contributed by atoms with Crippen molar-refractivity contribution >= 4 is 5.91 Å². The fraction of sp³-hybridized carbons (Fsp3) is 0.357. The second kappa shape index (κ2) is 6.68. The minimum absolute atomic E-state index is 0.0592. The summed E-state index contributed by atoms with van der Waals surface area (Å²) in [6.45, 7) is 2.57. The van der Waals surface area contributed by atoms with E-state index < -0.39 is 0 Å². The molecule has 0 aliphatic carbocycles. The first-order valence-corrected chi connectivity index (χ1v) is 5.55. The van der Waals surface area contributed by atoms with E-state index in [1.807, 2.05) is 37.3 Å². The minimum Gasteiger partial charge on any atom is -0.355 e. The summed E-state index contributed by atoms with van der Waals surface area (Å²) in [7, 11) is 0. The lowest BCUT2D eigenvalue weighted by molar-refractivity contribution is -0.122. The standard InChI is InChI=1S/C14H17NO/c1-3-5-11-15-14(16)13(4-2)12-9-7-6-8-10-12/h1,6-10,13H,4-5,11H2,2H3,(H,15,16). The van der Waals surface area contributed by atoms with Crippen LogP contribution in [0.4, 0.5) is 0 Å². The van der Waals surface area contributed by atoms with E-state index >= 15 is 0 Å². The van der Waals surface area contributed by atoms with E-state index in [0.717, 1.165) is 12.0 Å². The number of rotatable bonds is 5. The van der Waals surface area contributed by atoms with Gasteiger partial charge in [-0.3, -0.25) is 4.79 Å². The number of hydrogen-bond donors (Lipinski definition) is 1. The Morgan fingerprint density at radius 2 is 2.12 bits per heavy atom. The quantitative estimate of drug-likeness (QED) is 0.592. The maximum atomic E-state index is 11.9. The third-order valence-corrected chi connectivity index (χ3v) is 2.50. The zero-order chi connectivity index (χ0) is 11.8. The van der Waals surface area contributed by atoms with Gasteiger partial charge in [0.25, 0.3) is 0 Å². The van der Waals surface area contributed by atoms with Crippen molar-refractivity contribution in [2.24, 2.45) is 0 Å². The highest BCUT2D eigenvalue weighted by molar-refractivity contribution is 5.83. The van der Waals surface area contributed by atoms with Crippen LogP contribution in [0.3, 0.4) is 0 Å². The van der Waals surface area contributed by atoms with E-state index in [0.29, 0.717) is 13.0 Å². The summed E-state index contributed by atoms with van der Waals surface area (Å²) in [6.07, 6.45) is 6.51. The van der Waals surface area contributed by atoms with Gasteiger partial charge >= 0.3 is 0 Å². The molecule has 1 unspecified atom stereocenters. The Labute approximate surface area is 97.1 Å². The van der Waals surface area contributed by atoms with Gasteiger partial charge < -0.3 is 5.32 Å². The monoisotopic (exact) mass is 215 g/mol. The lowest BCUT2D eigenvalue weighted by atomic mass is 9.96. The van der Waals surface area contributed by atoms with Crippen LogP contribution in [0.2, 0.25) is 0 Å². The number of benzene rings is 1. The van der Waals surface area contributed by atoms with Crippen LogP contribution in [0.25, 0.3) is 0 Å². The molecule has 0 aliphatic heterocycles. The van der Waals surface area contributed by atoms with Gasteiger partial charge in [-0.2, -0.15) is 0 Å². The predicted molar refractivity (Wildman–Crippen MR) is 65.9 cm³/mol. The summed E-state index contributed by atoms with van der Waals surface area (Å²) in [4.78, 5) is 11.9. The molecule has 1 atom stereocenters. The van der Waals surface area contributed by atoms with Gasteiger partial charge in [0.15, 0.2) is 0 Å². The van der Waals surface area contributed by atoms with Crippen molar-refractivity contribution in [3.05, 3.63) is 35.9 Å². The highest BCUT2D eigenvalue weighted by Crippen LogP contribution is 2.18. The van der Waals surface area contributed by atoms with Crippen molar-refractivity contribution in [3.8, 4) is 12.3 Å². The molecule has 0 saturated carbocycles.